The van der Waals surface area contributed by atoms with Crippen molar-refractivity contribution >= 4 is 11.8 Å². The average molecular weight is 466 g/mol. The average Bonchev–Trinajstić information content (AvgIpc) is 3.40. The lowest BCUT2D eigenvalue weighted by atomic mass is 10.1. The number of nitrogens with zero attached hydrogens (tertiary/aromatic N) is 3. The first-order chi connectivity index (χ1) is 16.5. The molecule has 0 bridgehead atoms. The number of imide groups is 1. The van der Waals surface area contributed by atoms with Crippen LogP contribution in [0.1, 0.15) is 66.0 Å². The molecule has 0 spiro atoms. The summed E-state index contributed by atoms with van der Waals surface area (Å²) in [6.07, 6.45) is 4.99. The van der Waals surface area contributed by atoms with Crippen molar-refractivity contribution in [3.05, 3.63) is 64.7 Å². The first kappa shape index (κ1) is 23.3. The highest BCUT2D eigenvalue weighted by Gasteiger charge is 2.36. The second-order valence-electron chi connectivity index (χ2n) is 8.04. The summed E-state index contributed by atoms with van der Waals surface area (Å²) in [6.45, 7) is 5.01. The third-order valence-corrected chi connectivity index (χ3v) is 5.51. The number of fused-ring (bicyclic) bond motifs is 1. The summed E-state index contributed by atoms with van der Waals surface area (Å²) >= 11 is 0. The Hall–Kier alpha value is -3.88. The van der Waals surface area contributed by atoms with Gasteiger partial charge in [0.15, 0.2) is 17.2 Å². The molecule has 0 atom stereocenters. The maximum atomic E-state index is 12.7. The van der Waals surface area contributed by atoms with E-state index in [0.29, 0.717) is 40.6 Å². The fourth-order valence-corrected chi connectivity index (χ4v) is 3.61. The fraction of sp³-hybridized carbons (Fsp3) is 0.360. The number of carbonyl (C=O) groups excluding carboxylic acids is 2. The molecule has 1 aliphatic heterocycles. The highest BCUT2D eigenvalue weighted by atomic mass is 16.5. The molecule has 0 aliphatic carbocycles. The number of amides is 2. The van der Waals surface area contributed by atoms with Crippen LogP contribution in [0.4, 0.5) is 0 Å². The molecule has 1 aliphatic rings. The quantitative estimate of drug-likeness (QED) is 0.181. The summed E-state index contributed by atoms with van der Waals surface area (Å²) in [5, 5.41) is 16.7. The number of pyridine rings is 1. The van der Waals surface area contributed by atoms with E-state index in [1.165, 1.54) is 6.20 Å². The van der Waals surface area contributed by atoms with Gasteiger partial charge in [0.25, 0.3) is 11.8 Å². The Bertz CT molecular complexity index is 1150. The minimum absolute atomic E-state index is 0.0870. The molecule has 1 aromatic carbocycles. The predicted molar refractivity (Wildman–Crippen MR) is 122 cm³/mol. The zero-order valence-electron chi connectivity index (χ0n) is 19.3. The van der Waals surface area contributed by atoms with Crippen molar-refractivity contribution in [3.63, 3.8) is 0 Å². The Kier molecular flexibility index (Phi) is 7.10. The van der Waals surface area contributed by atoms with Crippen LogP contribution in [0.15, 0.2) is 47.1 Å². The summed E-state index contributed by atoms with van der Waals surface area (Å²) in [5.74, 6) is 0.325. The van der Waals surface area contributed by atoms with Crippen LogP contribution >= 0.6 is 0 Å². The second-order valence-corrected chi connectivity index (χ2v) is 8.04. The minimum atomic E-state index is -0.391. The van der Waals surface area contributed by atoms with Crippen LogP contribution in [-0.2, 0) is 6.54 Å². The summed E-state index contributed by atoms with van der Waals surface area (Å²) in [4.78, 5) is 26.3. The van der Waals surface area contributed by atoms with Crippen LogP contribution in [0.3, 0.4) is 0 Å². The number of unbranched alkanes of at least 4 members (excludes halogenated alkanes) is 2. The van der Waals surface area contributed by atoms with Crippen LogP contribution < -0.4 is 14.2 Å². The molecule has 178 valence electrons. The zero-order valence-corrected chi connectivity index (χ0v) is 19.3. The number of ether oxygens (including phenoxy) is 2. The normalized spacial score (nSPS) is 12.8. The van der Waals surface area contributed by atoms with Gasteiger partial charge in [0.1, 0.15) is 0 Å². The largest absolute Gasteiger partial charge is 0.618 e. The van der Waals surface area contributed by atoms with E-state index in [4.69, 9.17) is 14.0 Å². The number of hydrogen-bond donors (Lipinski definition) is 0. The van der Waals surface area contributed by atoms with Crippen molar-refractivity contribution in [1.29, 1.82) is 0 Å². The van der Waals surface area contributed by atoms with Crippen molar-refractivity contribution in [2.24, 2.45) is 0 Å². The van der Waals surface area contributed by atoms with Gasteiger partial charge in [-0.2, -0.15) is 4.73 Å². The molecule has 0 N–H and O–H groups in total. The van der Waals surface area contributed by atoms with E-state index in [1.54, 1.807) is 36.4 Å². The van der Waals surface area contributed by atoms with Crippen LogP contribution in [-0.4, -0.2) is 35.1 Å². The van der Waals surface area contributed by atoms with Crippen LogP contribution in [0.2, 0.25) is 0 Å². The molecule has 4 rings (SSSR count). The molecular formula is C25H27N3O6. The predicted octanol–water partition coefficient (Wildman–Crippen LogP) is 4.13. The van der Waals surface area contributed by atoms with Crippen LogP contribution in [0.25, 0.3) is 11.4 Å². The lowest BCUT2D eigenvalue weighted by Crippen LogP contribution is -2.29. The van der Waals surface area contributed by atoms with Gasteiger partial charge in [0.05, 0.1) is 37.0 Å². The van der Waals surface area contributed by atoms with Crippen LogP contribution in [0, 0.1) is 5.21 Å². The molecule has 0 saturated carbocycles. The minimum Gasteiger partial charge on any atom is -0.618 e. The summed E-state index contributed by atoms with van der Waals surface area (Å²) in [5.41, 5.74) is 1.20. The van der Waals surface area contributed by atoms with E-state index in [9.17, 15) is 14.8 Å². The number of rotatable bonds is 11. The van der Waals surface area contributed by atoms with E-state index in [1.807, 2.05) is 0 Å². The topological polar surface area (TPSA) is 109 Å². The van der Waals surface area contributed by atoms with E-state index >= 15 is 0 Å². The molecule has 3 aromatic rings. The fourth-order valence-electron chi connectivity index (χ4n) is 3.61. The Morgan fingerprint density at radius 3 is 2.21 bits per heavy atom. The van der Waals surface area contributed by atoms with E-state index in [2.05, 4.69) is 19.0 Å². The lowest BCUT2D eigenvalue weighted by molar-refractivity contribution is -0.594. The van der Waals surface area contributed by atoms with Gasteiger partial charge in [-0.15, -0.1) is 0 Å². The van der Waals surface area contributed by atoms with Gasteiger partial charge < -0.3 is 19.2 Å². The van der Waals surface area contributed by atoms with Gasteiger partial charge in [0.2, 0.25) is 17.6 Å². The van der Waals surface area contributed by atoms with Gasteiger partial charge in [0, 0.05) is 6.07 Å². The Labute approximate surface area is 197 Å². The van der Waals surface area contributed by atoms with Gasteiger partial charge >= 0.3 is 0 Å². The zero-order chi connectivity index (χ0) is 24.1. The Morgan fingerprint density at radius 1 is 0.971 bits per heavy atom. The maximum Gasteiger partial charge on any atom is 0.261 e. The maximum absolute atomic E-state index is 12.7. The lowest BCUT2D eigenvalue weighted by Gasteiger charge is -2.13. The standard InChI is InChI=1S/C25H27N3O6/c1-3-5-11-32-22-14-21(28(31)16-23(22)33-12-6-4-2)20-13-17(34-26-20)15-27-24(29)18-9-7-8-10-19(18)25(27)30/h7-10,13-14,16H,3-6,11-12,15H2,1-2H3. The number of hydrogen-bond acceptors (Lipinski definition) is 7. The highest BCUT2D eigenvalue weighted by Crippen LogP contribution is 2.31. The Morgan fingerprint density at radius 2 is 1.59 bits per heavy atom. The molecule has 9 heteroatoms. The molecule has 0 saturated heterocycles. The first-order valence-electron chi connectivity index (χ1n) is 11.5. The molecule has 3 heterocycles. The highest BCUT2D eigenvalue weighted by molar-refractivity contribution is 6.21. The van der Waals surface area contributed by atoms with E-state index < -0.39 is 11.8 Å². The SMILES string of the molecule is CCCCOc1cc(-c2cc(CN3C(=O)c4ccccc4C3=O)on2)[n+]([O-])cc1OCCCC. The number of carbonyl (C=O) groups is 2. The number of aromatic nitrogens is 2. The van der Waals surface area contributed by atoms with Crippen molar-refractivity contribution in [3.8, 4) is 22.9 Å². The van der Waals surface area contributed by atoms with E-state index in [0.717, 1.165) is 30.6 Å². The third kappa shape index (κ3) is 4.73. The molecular weight excluding hydrogens is 438 g/mol. The first-order valence-corrected chi connectivity index (χ1v) is 11.5. The van der Waals surface area contributed by atoms with Gasteiger partial charge in [-0.25, -0.2) is 0 Å². The molecule has 0 radical (unpaired) electrons. The second kappa shape index (κ2) is 10.4. The molecule has 0 unspecified atom stereocenters. The summed E-state index contributed by atoms with van der Waals surface area (Å²) in [7, 11) is 0. The molecule has 34 heavy (non-hydrogen) atoms. The molecule has 2 amide bonds. The van der Waals surface area contributed by atoms with Gasteiger partial charge in [-0.05, 0) is 25.0 Å². The molecule has 0 fully saturated rings. The van der Waals surface area contributed by atoms with Crippen molar-refractivity contribution < 1.29 is 28.3 Å². The third-order valence-electron chi connectivity index (χ3n) is 5.51. The Balaban J connectivity index is 1.56. The van der Waals surface area contributed by atoms with Crippen molar-refractivity contribution in [1.82, 2.24) is 10.1 Å². The van der Waals surface area contributed by atoms with Gasteiger partial charge in [-0.1, -0.05) is 44.0 Å². The van der Waals surface area contributed by atoms with Crippen molar-refractivity contribution in [2.45, 2.75) is 46.1 Å². The number of benzene rings is 1. The van der Waals surface area contributed by atoms with Gasteiger partial charge in [-0.3, -0.25) is 14.5 Å². The van der Waals surface area contributed by atoms with Crippen molar-refractivity contribution in [2.75, 3.05) is 13.2 Å². The van der Waals surface area contributed by atoms with E-state index in [-0.39, 0.29) is 23.7 Å². The summed E-state index contributed by atoms with van der Waals surface area (Å²) < 4.78 is 17.6. The monoisotopic (exact) mass is 465 g/mol. The molecule has 2 aromatic heterocycles. The smallest absolute Gasteiger partial charge is 0.261 e. The summed E-state index contributed by atoms with van der Waals surface area (Å²) in [6, 6.07) is 9.78. The molecule has 9 nitrogen and oxygen atoms in total. The van der Waals surface area contributed by atoms with Crippen LogP contribution in [0.5, 0.6) is 11.5 Å².